The molecule has 2 amide bonds. The smallest absolute Gasteiger partial charge is 0.286 e. The molecular formula is C22H20N2O2S. The van der Waals surface area contributed by atoms with E-state index in [-0.39, 0.29) is 11.1 Å². The summed E-state index contributed by atoms with van der Waals surface area (Å²) in [5.74, 6) is -0.242. The van der Waals surface area contributed by atoms with Crippen molar-refractivity contribution in [2.75, 3.05) is 19.4 Å². The molecule has 3 aromatic rings. The average molecular weight is 376 g/mol. The summed E-state index contributed by atoms with van der Waals surface area (Å²) < 4.78 is 0. The summed E-state index contributed by atoms with van der Waals surface area (Å²) in [5.41, 5.74) is 1.60. The number of thioether (sulfide) groups is 1. The van der Waals surface area contributed by atoms with Crippen LogP contribution in [0.1, 0.15) is 5.56 Å². The van der Waals surface area contributed by atoms with Gasteiger partial charge in [-0.2, -0.15) is 0 Å². The molecular weight excluding hydrogens is 356 g/mol. The van der Waals surface area contributed by atoms with Crippen LogP contribution in [0, 0.1) is 0 Å². The summed E-state index contributed by atoms with van der Waals surface area (Å²) in [4.78, 5) is 26.6. The lowest BCUT2D eigenvalue weighted by Crippen LogP contribution is -2.16. The Morgan fingerprint density at radius 3 is 2.44 bits per heavy atom. The number of amides is 2. The average Bonchev–Trinajstić information content (AvgIpc) is 2.67. The molecule has 5 heteroatoms. The molecule has 0 spiro atoms. The maximum Gasteiger partial charge on any atom is 0.286 e. The molecule has 1 N–H and O–H groups in total. The Bertz CT molecular complexity index is 1010. The van der Waals surface area contributed by atoms with Crippen LogP contribution in [-0.2, 0) is 4.79 Å². The minimum absolute atomic E-state index is 0.0944. The van der Waals surface area contributed by atoms with E-state index in [0.29, 0.717) is 10.6 Å². The number of benzene rings is 3. The lowest BCUT2D eigenvalue weighted by molar-refractivity contribution is -0.111. The maximum absolute atomic E-state index is 12.4. The number of hydrogen-bond donors (Lipinski definition) is 1. The molecule has 0 bridgehead atoms. The largest absolute Gasteiger partial charge is 0.339 e. The van der Waals surface area contributed by atoms with E-state index in [0.717, 1.165) is 28.1 Å². The highest BCUT2D eigenvalue weighted by atomic mass is 32.2. The van der Waals surface area contributed by atoms with Crippen molar-refractivity contribution in [2.24, 2.45) is 0 Å². The highest BCUT2D eigenvalue weighted by Gasteiger charge is 2.11. The molecule has 0 aromatic heterocycles. The van der Waals surface area contributed by atoms with E-state index in [4.69, 9.17) is 0 Å². The number of fused-ring (bicyclic) bond motifs is 1. The van der Waals surface area contributed by atoms with Crippen LogP contribution in [0.3, 0.4) is 0 Å². The number of hydrogen-bond acceptors (Lipinski definition) is 3. The fraction of sp³-hybridized carbons (Fsp3) is 0.0909. The monoisotopic (exact) mass is 376 g/mol. The van der Waals surface area contributed by atoms with Gasteiger partial charge in [-0.25, -0.2) is 0 Å². The first-order valence-electron chi connectivity index (χ1n) is 8.49. The predicted molar refractivity (Wildman–Crippen MR) is 113 cm³/mol. The second-order valence-electron chi connectivity index (χ2n) is 6.15. The van der Waals surface area contributed by atoms with Crippen molar-refractivity contribution in [3.63, 3.8) is 0 Å². The van der Waals surface area contributed by atoms with E-state index in [2.05, 4.69) is 5.32 Å². The third-order valence-electron chi connectivity index (χ3n) is 3.94. The molecule has 0 aliphatic rings. The zero-order valence-electron chi connectivity index (χ0n) is 15.2. The normalized spacial score (nSPS) is 10.9. The van der Waals surface area contributed by atoms with Gasteiger partial charge in [-0.1, -0.05) is 54.6 Å². The third-order valence-corrected chi connectivity index (χ3v) is 5.06. The van der Waals surface area contributed by atoms with Gasteiger partial charge in [0.1, 0.15) is 0 Å². The Morgan fingerprint density at radius 1 is 0.926 bits per heavy atom. The zero-order chi connectivity index (χ0) is 19.2. The SMILES string of the molecule is CN(C)C(=O)Sc1ccccc1NC(=O)/C=C/c1cccc2ccccc12. The summed E-state index contributed by atoms with van der Waals surface area (Å²) in [6.45, 7) is 0. The molecule has 4 nitrogen and oxygen atoms in total. The zero-order valence-corrected chi connectivity index (χ0v) is 16.0. The fourth-order valence-corrected chi connectivity index (χ4v) is 3.33. The van der Waals surface area contributed by atoms with Crippen LogP contribution in [0.2, 0.25) is 0 Å². The molecule has 136 valence electrons. The minimum Gasteiger partial charge on any atom is -0.339 e. The molecule has 27 heavy (non-hydrogen) atoms. The number of carbonyl (C=O) groups excluding carboxylic acids is 2. The topological polar surface area (TPSA) is 49.4 Å². The number of carbonyl (C=O) groups is 2. The molecule has 3 aromatic carbocycles. The highest BCUT2D eigenvalue weighted by molar-refractivity contribution is 8.13. The second kappa shape index (κ2) is 8.56. The molecule has 0 saturated heterocycles. The lowest BCUT2D eigenvalue weighted by Gasteiger charge is -2.12. The van der Waals surface area contributed by atoms with Gasteiger partial charge in [0, 0.05) is 25.1 Å². The first kappa shape index (κ1) is 18.7. The number of rotatable bonds is 4. The van der Waals surface area contributed by atoms with Crippen molar-refractivity contribution in [2.45, 2.75) is 4.90 Å². The quantitative estimate of drug-likeness (QED) is 0.499. The van der Waals surface area contributed by atoms with E-state index in [9.17, 15) is 9.59 Å². The standard InChI is InChI=1S/C22H20N2O2S/c1-24(2)22(26)27-20-13-6-5-12-19(20)23-21(25)15-14-17-10-7-9-16-8-3-4-11-18(16)17/h3-15H,1-2H3,(H,23,25)/b15-14+. The Labute approximate surface area is 162 Å². The van der Waals surface area contributed by atoms with Crippen LogP contribution >= 0.6 is 11.8 Å². The summed E-state index contributed by atoms with van der Waals surface area (Å²) in [5, 5.41) is 4.98. The number of para-hydroxylation sites is 1. The van der Waals surface area contributed by atoms with Crippen LogP contribution in [-0.4, -0.2) is 30.1 Å². The molecule has 0 fully saturated rings. The van der Waals surface area contributed by atoms with Gasteiger partial charge in [-0.05, 0) is 46.3 Å². The molecule has 3 rings (SSSR count). The van der Waals surface area contributed by atoms with Gasteiger partial charge < -0.3 is 10.2 Å². The van der Waals surface area contributed by atoms with Crippen molar-refractivity contribution >= 4 is 45.4 Å². The van der Waals surface area contributed by atoms with Crippen LogP contribution < -0.4 is 5.32 Å². The summed E-state index contributed by atoms with van der Waals surface area (Å²) in [6, 6.07) is 21.3. The lowest BCUT2D eigenvalue weighted by atomic mass is 10.0. The van der Waals surface area contributed by atoms with E-state index in [1.165, 1.54) is 11.0 Å². The van der Waals surface area contributed by atoms with Crippen molar-refractivity contribution in [1.82, 2.24) is 4.90 Å². The molecule has 0 aliphatic carbocycles. The van der Waals surface area contributed by atoms with Gasteiger partial charge in [0.25, 0.3) is 5.24 Å². The first-order valence-corrected chi connectivity index (χ1v) is 9.31. The number of nitrogens with zero attached hydrogens (tertiary/aromatic N) is 1. The molecule has 0 atom stereocenters. The van der Waals surface area contributed by atoms with Crippen LogP contribution in [0.4, 0.5) is 10.5 Å². The van der Waals surface area contributed by atoms with Gasteiger partial charge in [0.2, 0.25) is 5.91 Å². The highest BCUT2D eigenvalue weighted by Crippen LogP contribution is 2.28. The first-order chi connectivity index (χ1) is 13.0. The second-order valence-corrected chi connectivity index (χ2v) is 7.14. The predicted octanol–water partition coefficient (Wildman–Crippen LogP) is 5.27. The van der Waals surface area contributed by atoms with Crippen molar-refractivity contribution in [1.29, 1.82) is 0 Å². The van der Waals surface area contributed by atoms with Crippen molar-refractivity contribution in [3.8, 4) is 0 Å². The molecule has 0 radical (unpaired) electrons. The number of nitrogens with one attached hydrogen (secondary N) is 1. The van der Waals surface area contributed by atoms with E-state index in [1.54, 1.807) is 26.2 Å². The van der Waals surface area contributed by atoms with Crippen molar-refractivity contribution < 1.29 is 9.59 Å². The molecule has 0 heterocycles. The fourth-order valence-electron chi connectivity index (χ4n) is 2.58. The molecule has 0 saturated carbocycles. The van der Waals surface area contributed by atoms with Gasteiger partial charge in [0.15, 0.2) is 0 Å². The summed E-state index contributed by atoms with van der Waals surface area (Å²) in [7, 11) is 3.40. The Hall–Kier alpha value is -3.05. The molecule has 0 aliphatic heterocycles. The van der Waals surface area contributed by atoms with E-state index < -0.39 is 0 Å². The summed E-state index contributed by atoms with van der Waals surface area (Å²) >= 11 is 1.08. The van der Waals surface area contributed by atoms with Gasteiger partial charge in [-0.3, -0.25) is 9.59 Å². The minimum atomic E-state index is -0.242. The Morgan fingerprint density at radius 2 is 1.63 bits per heavy atom. The van der Waals surface area contributed by atoms with E-state index >= 15 is 0 Å². The van der Waals surface area contributed by atoms with Gasteiger partial charge in [-0.15, -0.1) is 0 Å². The van der Waals surface area contributed by atoms with Gasteiger partial charge in [0.05, 0.1) is 5.69 Å². The number of anilines is 1. The Kier molecular flexibility index (Phi) is 5.94. The van der Waals surface area contributed by atoms with Crippen LogP contribution in [0.15, 0.2) is 77.7 Å². The maximum atomic E-state index is 12.4. The summed E-state index contributed by atoms with van der Waals surface area (Å²) in [6.07, 6.45) is 3.31. The van der Waals surface area contributed by atoms with Crippen molar-refractivity contribution in [3.05, 3.63) is 78.4 Å². The van der Waals surface area contributed by atoms with Crippen LogP contribution in [0.25, 0.3) is 16.8 Å². The van der Waals surface area contributed by atoms with Crippen LogP contribution in [0.5, 0.6) is 0 Å². The third kappa shape index (κ3) is 4.77. The molecule has 0 unspecified atom stereocenters. The van der Waals surface area contributed by atoms with Gasteiger partial charge >= 0.3 is 0 Å². The Balaban J connectivity index is 1.76. The van der Waals surface area contributed by atoms with E-state index in [1.807, 2.05) is 60.7 Å².